The Labute approximate surface area is 112 Å². The average molecular weight is 268 g/mol. The van der Waals surface area contributed by atoms with Crippen molar-refractivity contribution in [1.82, 2.24) is 9.55 Å². The molecule has 1 saturated carbocycles. The molecule has 1 unspecified atom stereocenters. The van der Waals surface area contributed by atoms with Gasteiger partial charge >= 0.3 is 5.97 Å². The number of hydrogen-bond acceptors (Lipinski definition) is 3. The van der Waals surface area contributed by atoms with Gasteiger partial charge in [0, 0.05) is 17.9 Å². The normalized spacial score (nSPS) is 16.8. The summed E-state index contributed by atoms with van der Waals surface area (Å²) in [4.78, 5) is 15.0. The Kier molecular flexibility index (Phi) is 4.32. The lowest BCUT2D eigenvalue weighted by Crippen LogP contribution is -2.12. The molecule has 1 atom stereocenters. The second kappa shape index (κ2) is 5.78. The lowest BCUT2D eigenvalue weighted by molar-refractivity contribution is -0.133. The van der Waals surface area contributed by atoms with Crippen LogP contribution in [0.4, 0.5) is 0 Å². The first-order valence-electron chi connectivity index (χ1n) is 6.50. The first-order chi connectivity index (χ1) is 8.61. The lowest BCUT2D eigenvalue weighted by Gasteiger charge is -2.20. The Morgan fingerprint density at radius 2 is 2.39 bits per heavy atom. The van der Waals surface area contributed by atoms with Crippen LogP contribution >= 0.6 is 11.8 Å². The summed E-state index contributed by atoms with van der Waals surface area (Å²) in [6, 6.07) is 0.469. The van der Waals surface area contributed by atoms with E-state index in [9.17, 15) is 4.79 Å². The first kappa shape index (κ1) is 13.5. The highest BCUT2D eigenvalue weighted by atomic mass is 32.2. The molecule has 1 N–H and O–H groups in total. The molecule has 100 valence electrons. The number of imidazole rings is 1. The van der Waals surface area contributed by atoms with Crippen LogP contribution in [-0.2, 0) is 4.79 Å². The molecule has 4 nitrogen and oxygen atoms in total. The Bertz CT molecular complexity index is 427. The predicted octanol–water partition coefficient (Wildman–Crippen LogP) is 3.12. The maximum Gasteiger partial charge on any atom is 0.313 e. The molecule has 1 aromatic heterocycles. The fourth-order valence-corrected chi connectivity index (χ4v) is 3.11. The maximum atomic E-state index is 10.7. The van der Waals surface area contributed by atoms with Crippen molar-refractivity contribution < 1.29 is 9.90 Å². The van der Waals surface area contributed by atoms with E-state index in [4.69, 9.17) is 5.11 Å². The Hall–Kier alpha value is -0.970. The van der Waals surface area contributed by atoms with Crippen LogP contribution < -0.4 is 0 Å². The fraction of sp³-hybridized carbons (Fsp3) is 0.692. The summed E-state index contributed by atoms with van der Waals surface area (Å²) in [5.74, 6) is 0.160. The van der Waals surface area contributed by atoms with E-state index in [1.54, 1.807) is 0 Å². The molecule has 0 spiro atoms. The first-order valence-corrected chi connectivity index (χ1v) is 7.48. The van der Waals surface area contributed by atoms with E-state index in [0.29, 0.717) is 6.04 Å². The summed E-state index contributed by atoms with van der Waals surface area (Å²) < 4.78 is 2.23. The maximum absolute atomic E-state index is 10.7. The molecular formula is C13H20N2O2S. The van der Waals surface area contributed by atoms with Gasteiger partial charge in [-0.05, 0) is 25.7 Å². The highest BCUT2D eigenvalue weighted by Crippen LogP contribution is 2.39. The van der Waals surface area contributed by atoms with Gasteiger partial charge in [0.15, 0.2) is 5.16 Å². The van der Waals surface area contributed by atoms with E-state index in [-0.39, 0.29) is 5.75 Å². The van der Waals surface area contributed by atoms with E-state index in [0.717, 1.165) is 23.2 Å². The summed E-state index contributed by atoms with van der Waals surface area (Å²) in [5.41, 5.74) is 1.13. The van der Waals surface area contributed by atoms with Crippen molar-refractivity contribution in [3.05, 3.63) is 11.9 Å². The standard InChI is InChI=1S/C13H20N2O2S/c1-3-11(6-10-4-5-10)15-9(2)7-14-13(15)18-8-12(16)17/h7,10-11H,3-6,8H2,1-2H3,(H,16,17). The fourth-order valence-electron chi connectivity index (χ4n) is 2.29. The van der Waals surface area contributed by atoms with Crippen LogP contribution in [0.1, 0.15) is 44.3 Å². The number of aliphatic carboxylic acids is 1. The van der Waals surface area contributed by atoms with Crippen molar-refractivity contribution in [3.8, 4) is 0 Å². The quantitative estimate of drug-likeness (QED) is 0.772. The number of carboxylic acid groups (broad SMARTS) is 1. The molecule has 0 aliphatic heterocycles. The molecule has 0 bridgehead atoms. The molecule has 1 aliphatic carbocycles. The van der Waals surface area contributed by atoms with Crippen molar-refractivity contribution in [2.75, 3.05) is 5.75 Å². The number of aryl methyl sites for hydroxylation is 1. The minimum absolute atomic E-state index is 0.0797. The summed E-state index contributed by atoms with van der Waals surface area (Å²) >= 11 is 1.32. The van der Waals surface area contributed by atoms with Gasteiger partial charge in [0.25, 0.3) is 0 Å². The van der Waals surface area contributed by atoms with E-state index in [2.05, 4.69) is 16.5 Å². The van der Waals surface area contributed by atoms with Crippen molar-refractivity contribution in [1.29, 1.82) is 0 Å². The van der Waals surface area contributed by atoms with Crippen LogP contribution in [0.3, 0.4) is 0 Å². The number of aromatic nitrogens is 2. The lowest BCUT2D eigenvalue weighted by atomic mass is 10.1. The molecule has 1 aromatic rings. The third-order valence-electron chi connectivity index (χ3n) is 3.41. The monoisotopic (exact) mass is 268 g/mol. The van der Waals surface area contributed by atoms with Crippen molar-refractivity contribution in [2.45, 2.75) is 50.7 Å². The largest absolute Gasteiger partial charge is 0.481 e. The summed E-state index contributed by atoms with van der Waals surface area (Å²) in [5, 5.41) is 9.62. The van der Waals surface area contributed by atoms with Gasteiger partial charge in [-0.1, -0.05) is 31.5 Å². The SMILES string of the molecule is CCC(CC1CC1)n1c(C)cnc1SCC(=O)O. The Morgan fingerprint density at radius 1 is 1.67 bits per heavy atom. The predicted molar refractivity (Wildman–Crippen MR) is 72.0 cm³/mol. The van der Waals surface area contributed by atoms with Crippen molar-refractivity contribution in [2.24, 2.45) is 5.92 Å². The van der Waals surface area contributed by atoms with Gasteiger partial charge in [-0.3, -0.25) is 4.79 Å². The van der Waals surface area contributed by atoms with Crippen LogP contribution in [0, 0.1) is 12.8 Å². The van der Waals surface area contributed by atoms with Crippen LogP contribution in [0.5, 0.6) is 0 Å². The number of hydrogen-bond donors (Lipinski definition) is 1. The van der Waals surface area contributed by atoms with Crippen molar-refractivity contribution >= 4 is 17.7 Å². The minimum Gasteiger partial charge on any atom is -0.481 e. The highest BCUT2D eigenvalue weighted by molar-refractivity contribution is 7.99. The van der Waals surface area contributed by atoms with Crippen LogP contribution in [-0.4, -0.2) is 26.4 Å². The molecule has 0 radical (unpaired) electrons. The highest BCUT2D eigenvalue weighted by Gasteiger charge is 2.27. The summed E-state index contributed by atoms with van der Waals surface area (Å²) in [6.45, 7) is 4.24. The van der Waals surface area contributed by atoms with Gasteiger partial charge in [0.2, 0.25) is 0 Å². The van der Waals surface area contributed by atoms with Gasteiger partial charge in [-0.15, -0.1) is 0 Å². The van der Waals surface area contributed by atoms with Crippen molar-refractivity contribution in [3.63, 3.8) is 0 Å². The summed E-state index contributed by atoms with van der Waals surface area (Å²) in [7, 11) is 0. The third-order valence-corrected chi connectivity index (χ3v) is 4.36. The minimum atomic E-state index is -0.789. The molecule has 0 amide bonds. The summed E-state index contributed by atoms with van der Waals surface area (Å²) in [6.07, 6.45) is 6.83. The molecule has 1 fully saturated rings. The zero-order valence-electron chi connectivity index (χ0n) is 10.9. The molecule has 0 saturated heterocycles. The van der Waals surface area contributed by atoms with Crippen LogP contribution in [0.2, 0.25) is 0 Å². The smallest absolute Gasteiger partial charge is 0.313 e. The van der Waals surface area contributed by atoms with Gasteiger partial charge in [-0.2, -0.15) is 0 Å². The zero-order valence-corrected chi connectivity index (χ0v) is 11.7. The van der Waals surface area contributed by atoms with Gasteiger partial charge in [0.05, 0.1) is 5.75 Å². The molecule has 1 heterocycles. The van der Waals surface area contributed by atoms with Gasteiger partial charge in [-0.25, -0.2) is 4.98 Å². The molecule has 2 rings (SSSR count). The Morgan fingerprint density at radius 3 is 2.94 bits per heavy atom. The zero-order chi connectivity index (χ0) is 13.1. The number of thioether (sulfide) groups is 1. The Balaban J connectivity index is 2.12. The van der Waals surface area contributed by atoms with Gasteiger partial charge in [0.1, 0.15) is 0 Å². The topological polar surface area (TPSA) is 55.1 Å². The molecule has 0 aromatic carbocycles. The number of carbonyl (C=O) groups is 1. The number of carboxylic acids is 1. The van der Waals surface area contributed by atoms with E-state index < -0.39 is 5.97 Å². The second-order valence-corrected chi connectivity index (χ2v) is 5.92. The van der Waals surface area contributed by atoms with E-state index >= 15 is 0 Å². The number of rotatable bonds is 7. The van der Waals surface area contributed by atoms with E-state index in [1.165, 1.54) is 31.0 Å². The third kappa shape index (κ3) is 3.28. The molecule has 5 heteroatoms. The van der Waals surface area contributed by atoms with E-state index in [1.807, 2.05) is 13.1 Å². The van der Waals surface area contributed by atoms with Crippen LogP contribution in [0.15, 0.2) is 11.4 Å². The number of nitrogens with zero attached hydrogens (tertiary/aromatic N) is 2. The second-order valence-electron chi connectivity index (χ2n) is 4.98. The molecular weight excluding hydrogens is 248 g/mol. The van der Waals surface area contributed by atoms with Gasteiger partial charge < -0.3 is 9.67 Å². The average Bonchev–Trinajstić information content (AvgIpc) is 3.07. The van der Waals surface area contributed by atoms with Crippen LogP contribution in [0.25, 0.3) is 0 Å². The molecule has 18 heavy (non-hydrogen) atoms. The molecule has 1 aliphatic rings.